The van der Waals surface area contributed by atoms with Gasteiger partial charge in [-0.05, 0) is 55.2 Å². The molecule has 3 fully saturated rings. The lowest BCUT2D eigenvalue weighted by Gasteiger charge is -2.29. The molecule has 4 heterocycles. The molecule has 0 aliphatic carbocycles. The standard InChI is InChI=1S/C20H23N3O3/c24-18-6-5-17(19(25)22-18)23-10-13-7-11(1-4-16(13)20(23)26)12-8-14-2-3-15(9-12)21-14/h1,4,7,12,14-15,17,21H,2-3,5-6,8-10H2,(H,22,24,25)/t12?,14-,15?,17?/m1/s1. The van der Waals surface area contributed by atoms with E-state index in [1.54, 1.807) is 4.90 Å². The minimum absolute atomic E-state index is 0.0913. The van der Waals surface area contributed by atoms with Gasteiger partial charge in [0.25, 0.3) is 5.91 Å². The van der Waals surface area contributed by atoms with E-state index in [2.05, 4.69) is 22.8 Å². The van der Waals surface area contributed by atoms with Gasteiger partial charge in [-0.1, -0.05) is 12.1 Å². The first-order valence-corrected chi connectivity index (χ1v) is 9.62. The zero-order valence-electron chi connectivity index (χ0n) is 14.7. The van der Waals surface area contributed by atoms with Crippen molar-refractivity contribution in [1.82, 2.24) is 15.5 Å². The lowest BCUT2D eigenvalue weighted by Crippen LogP contribution is -2.52. The summed E-state index contributed by atoms with van der Waals surface area (Å²) < 4.78 is 0. The maximum absolute atomic E-state index is 12.8. The van der Waals surface area contributed by atoms with Crippen molar-refractivity contribution in [3.05, 3.63) is 34.9 Å². The first kappa shape index (κ1) is 16.0. The van der Waals surface area contributed by atoms with Crippen LogP contribution in [-0.2, 0) is 16.1 Å². The van der Waals surface area contributed by atoms with Gasteiger partial charge in [0.2, 0.25) is 11.8 Å². The monoisotopic (exact) mass is 353 g/mol. The summed E-state index contributed by atoms with van der Waals surface area (Å²) in [7, 11) is 0. The molecule has 1 aromatic carbocycles. The van der Waals surface area contributed by atoms with E-state index in [0.717, 1.165) is 5.56 Å². The van der Waals surface area contributed by atoms with Gasteiger partial charge in [-0.15, -0.1) is 0 Å². The molecule has 2 bridgehead atoms. The number of carbonyl (C=O) groups is 3. The quantitative estimate of drug-likeness (QED) is 0.789. The average molecular weight is 353 g/mol. The fourth-order valence-electron chi connectivity index (χ4n) is 5.18. The Morgan fingerprint density at radius 3 is 2.50 bits per heavy atom. The third-order valence-corrected chi connectivity index (χ3v) is 6.49. The van der Waals surface area contributed by atoms with Crippen molar-refractivity contribution in [1.29, 1.82) is 0 Å². The van der Waals surface area contributed by atoms with E-state index in [4.69, 9.17) is 0 Å². The smallest absolute Gasteiger partial charge is 0.255 e. The molecular weight excluding hydrogens is 330 g/mol. The molecule has 1 aromatic rings. The number of amides is 3. The van der Waals surface area contributed by atoms with E-state index in [1.165, 1.54) is 31.2 Å². The van der Waals surface area contributed by atoms with Crippen LogP contribution in [0.4, 0.5) is 0 Å². The minimum atomic E-state index is -0.536. The number of carbonyl (C=O) groups excluding carboxylic acids is 3. The van der Waals surface area contributed by atoms with E-state index in [1.807, 2.05) is 6.07 Å². The van der Waals surface area contributed by atoms with Crippen molar-refractivity contribution in [3.8, 4) is 0 Å². The van der Waals surface area contributed by atoms with Crippen LogP contribution in [0.15, 0.2) is 18.2 Å². The van der Waals surface area contributed by atoms with Crippen LogP contribution in [0.25, 0.3) is 0 Å². The highest BCUT2D eigenvalue weighted by molar-refractivity contribution is 6.05. The Kier molecular flexibility index (Phi) is 3.64. The topological polar surface area (TPSA) is 78.5 Å². The Bertz CT molecular complexity index is 793. The third-order valence-electron chi connectivity index (χ3n) is 6.49. The molecule has 3 unspecified atom stereocenters. The number of nitrogens with one attached hydrogen (secondary N) is 2. The zero-order valence-corrected chi connectivity index (χ0v) is 14.7. The summed E-state index contributed by atoms with van der Waals surface area (Å²) in [5, 5.41) is 6.03. The minimum Gasteiger partial charge on any atom is -0.322 e. The fraction of sp³-hybridized carbons (Fsp3) is 0.550. The van der Waals surface area contributed by atoms with Crippen LogP contribution in [-0.4, -0.2) is 40.7 Å². The predicted molar refractivity (Wildman–Crippen MR) is 94.4 cm³/mol. The summed E-state index contributed by atoms with van der Waals surface area (Å²) in [4.78, 5) is 37.9. The number of hydrogen-bond donors (Lipinski definition) is 2. The van der Waals surface area contributed by atoms with Crippen LogP contribution in [0.3, 0.4) is 0 Å². The molecule has 0 aromatic heterocycles. The molecule has 0 radical (unpaired) electrons. The molecule has 4 atom stereocenters. The van der Waals surface area contributed by atoms with Crippen LogP contribution < -0.4 is 10.6 Å². The number of nitrogens with zero attached hydrogens (tertiary/aromatic N) is 1. The van der Waals surface area contributed by atoms with Crippen molar-refractivity contribution in [2.45, 2.75) is 69.1 Å². The molecule has 5 rings (SSSR count). The second-order valence-corrected chi connectivity index (χ2v) is 8.12. The number of rotatable bonds is 2. The maximum atomic E-state index is 12.8. The Morgan fingerprint density at radius 2 is 1.77 bits per heavy atom. The molecule has 4 aliphatic rings. The molecular formula is C20H23N3O3. The van der Waals surface area contributed by atoms with E-state index in [9.17, 15) is 14.4 Å². The number of piperidine rings is 2. The fourth-order valence-corrected chi connectivity index (χ4v) is 5.18. The summed E-state index contributed by atoms with van der Waals surface area (Å²) in [5.74, 6) is -0.138. The Morgan fingerprint density at radius 1 is 1.00 bits per heavy atom. The van der Waals surface area contributed by atoms with Crippen LogP contribution in [0.1, 0.15) is 65.9 Å². The summed E-state index contributed by atoms with van der Waals surface area (Å²) >= 11 is 0. The van der Waals surface area contributed by atoms with E-state index in [0.29, 0.717) is 43.0 Å². The molecule has 3 amide bonds. The van der Waals surface area contributed by atoms with Gasteiger partial charge in [-0.25, -0.2) is 0 Å². The molecule has 26 heavy (non-hydrogen) atoms. The summed E-state index contributed by atoms with van der Waals surface area (Å²) in [5.41, 5.74) is 3.04. The highest BCUT2D eigenvalue weighted by Crippen LogP contribution is 2.39. The first-order chi connectivity index (χ1) is 12.6. The first-order valence-electron chi connectivity index (χ1n) is 9.62. The van der Waals surface area contributed by atoms with Gasteiger partial charge in [0.1, 0.15) is 6.04 Å². The normalized spacial score (nSPS) is 33.4. The second kappa shape index (κ2) is 5.91. The molecule has 136 valence electrons. The van der Waals surface area contributed by atoms with Crippen molar-refractivity contribution in [2.24, 2.45) is 0 Å². The van der Waals surface area contributed by atoms with Gasteiger partial charge in [0.05, 0.1) is 0 Å². The Hall–Kier alpha value is -2.21. The maximum Gasteiger partial charge on any atom is 0.255 e. The Balaban J connectivity index is 1.37. The average Bonchev–Trinajstić information content (AvgIpc) is 3.13. The van der Waals surface area contributed by atoms with Gasteiger partial charge in [-0.2, -0.15) is 0 Å². The lowest BCUT2D eigenvalue weighted by atomic mass is 9.85. The summed E-state index contributed by atoms with van der Waals surface area (Å²) in [6.45, 7) is 0.464. The van der Waals surface area contributed by atoms with Crippen LogP contribution in [0.2, 0.25) is 0 Å². The molecule has 6 heteroatoms. The third kappa shape index (κ3) is 2.55. The van der Waals surface area contributed by atoms with E-state index >= 15 is 0 Å². The van der Waals surface area contributed by atoms with Crippen LogP contribution in [0.5, 0.6) is 0 Å². The number of fused-ring (bicyclic) bond motifs is 3. The largest absolute Gasteiger partial charge is 0.322 e. The SMILES string of the molecule is O=C1CCC(N2Cc3cc(C4CC5CC[C@H](C4)N5)ccc3C2=O)C(=O)N1. The van der Waals surface area contributed by atoms with Gasteiger partial charge in [0.15, 0.2) is 0 Å². The molecule has 0 spiro atoms. The van der Waals surface area contributed by atoms with Gasteiger partial charge in [-0.3, -0.25) is 19.7 Å². The number of benzene rings is 1. The van der Waals surface area contributed by atoms with Crippen LogP contribution >= 0.6 is 0 Å². The predicted octanol–water partition coefficient (Wildman–Crippen LogP) is 1.45. The molecule has 6 nitrogen and oxygen atoms in total. The van der Waals surface area contributed by atoms with Crippen molar-refractivity contribution >= 4 is 17.7 Å². The van der Waals surface area contributed by atoms with Gasteiger partial charge < -0.3 is 10.2 Å². The molecule has 2 N–H and O–H groups in total. The zero-order chi connectivity index (χ0) is 17.8. The summed E-state index contributed by atoms with van der Waals surface area (Å²) in [6, 6.07) is 6.94. The summed E-state index contributed by atoms with van der Waals surface area (Å²) in [6.07, 6.45) is 5.58. The molecule has 0 saturated carbocycles. The van der Waals surface area contributed by atoms with Crippen molar-refractivity contribution < 1.29 is 14.4 Å². The van der Waals surface area contributed by atoms with Crippen LogP contribution in [0, 0.1) is 0 Å². The van der Waals surface area contributed by atoms with Gasteiger partial charge >= 0.3 is 0 Å². The Labute approximate surface area is 152 Å². The molecule has 4 aliphatic heterocycles. The van der Waals surface area contributed by atoms with E-state index in [-0.39, 0.29) is 17.7 Å². The number of imide groups is 1. The van der Waals surface area contributed by atoms with Gasteiger partial charge in [0, 0.05) is 30.6 Å². The highest BCUT2D eigenvalue weighted by atomic mass is 16.2. The number of hydrogen-bond acceptors (Lipinski definition) is 4. The second-order valence-electron chi connectivity index (χ2n) is 8.12. The lowest BCUT2D eigenvalue weighted by molar-refractivity contribution is -0.136. The molecule has 3 saturated heterocycles. The van der Waals surface area contributed by atoms with E-state index < -0.39 is 6.04 Å². The van der Waals surface area contributed by atoms with Crippen molar-refractivity contribution in [3.63, 3.8) is 0 Å². The van der Waals surface area contributed by atoms with Crippen molar-refractivity contribution in [2.75, 3.05) is 0 Å². The highest BCUT2D eigenvalue weighted by Gasteiger charge is 2.40.